The average molecular weight is 394 g/mol. The summed E-state index contributed by atoms with van der Waals surface area (Å²) in [6, 6.07) is 10.5. The molecule has 0 saturated carbocycles. The molecule has 2 aliphatic rings. The minimum absolute atomic E-state index is 0.164. The molecule has 5 rings (SSSR count). The van der Waals surface area contributed by atoms with Crippen molar-refractivity contribution in [1.29, 1.82) is 0 Å². The quantitative estimate of drug-likeness (QED) is 0.684. The van der Waals surface area contributed by atoms with Crippen LogP contribution < -0.4 is 15.2 Å². The first-order valence-electron chi connectivity index (χ1n) is 9.86. The van der Waals surface area contributed by atoms with Crippen molar-refractivity contribution in [3.05, 3.63) is 58.8 Å². The molecule has 2 fully saturated rings. The summed E-state index contributed by atoms with van der Waals surface area (Å²) in [4.78, 5) is 22.1. The van der Waals surface area contributed by atoms with Crippen LogP contribution in [0.1, 0.15) is 6.42 Å². The summed E-state index contributed by atoms with van der Waals surface area (Å²) in [5, 5.41) is 0. The topological polar surface area (TPSA) is 50.1 Å². The number of hydrogen-bond acceptors (Lipinski definition) is 5. The van der Waals surface area contributed by atoms with Crippen LogP contribution in [0.2, 0.25) is 0 Å². The van der Waals surface area contributed by atoms with Crippen molar-refractivity contribution < 1.29 is 9.13 Å². The van der Waals surface area contributed by atoms with Crippen LogP contribution in [0.15, 0.2) is 47.4 Å². The number of methoxy groups -OCH3 is 1. The second-order valence-corrected chi connectivity index (χ2v) is 7.95. The molecule has 0 spiro atoms. The van der Waals surface area contributed by atoms with Gasteiger partial charge in [0.2, 0.25) is 0 Å². The fourth-order valence-electron chi connectivity index (χ4n) is 4.64. The number of hydrogen-bond donors (Lipinski definition) is 0. The standard InChI is InChI=1S/C22H23FN4O2/c1-25-8-7-15-11-26(13-19(15)25)16-4-6-21-24-18(10-22(28)27(21)12-16)14-3-5-20(29-2)17(23)9-14/h3-6,9-10,12,15,19H,7-8,11,13H2,1-2H3/t15-,19+/m0/s1. The third-order valence-corrected chi connectivity index (χ3v) is 6.28. The Kier molecular flexibility index (Phi) is 4.28. The Morgan fingerprint density at radius 2 is 2.03 bits per heavy atom. The Bertz CT molecular complexity index is 1150. The zero-order chi connectivity index (χ0) is 20.1. The molecule has 2 atom stereocenters. The van der Waals surface area contributed by atoms with E-state index in [4.69, 9.17) is 4.74 Å². The number of pyridine rings is 1. The van der Waals surface area contributed by atoms with Gasteiger partial charge >= 0.3 is 0 Å². The highest BCUT2D eigenvalue weighted by Gasteiger charge is 2.39. The van der Waals surface area contributed by atoms with Gasteiger partial charge in [-0.05, 0) is 56.3 Å². The molecule has 0 radical (unpaired) electrons. The van der Waals surface area contributed by atoms with Crippen LogP contribution in [-0.4, -0.2) is 54.1 Å². The van der Waals surface area contributed by atoms with E-state index in [0.717, 1.165) is 18.8 Å². The maximum Gasteiger partial charge on any atom is 0.258 e. The van der Waals surface area contributed by atoms with E-state index in [1.807, 2.05) is 18.3 Å². The SMILES string of the molecule is COc1ccc(-c2cc(=O)n3cc(N4C[C@@H]5CCN(C)[C@@H]5C4)ccc3n2)cc1F. The van der Waals surface area contributed by atoms with Crippen molar-refractivity contribution in [2.75, 3.05) is 38.7 Å². The van der Waals surface area contributed by atoms with Gasteiger partial charge in [-0.2, -0.15) is 0 Å². The molecule has 2 aliphatic heterocycles. The average Bonchev–Trinajstić information content (AvgIpc) is 3.30. The lowest BCUT2D eigenvalue weighted by molar-refractivity contribution is 0.310. The summed E-state index contributed by atoms with van der Waals surface area (Å²) in [6.45, 7) is 3.17. The van der Waals surface area contributed by atoms with Crippen molar-refractivity contribution in [3.8, 4) is 17.0 Å². The third kappa shape index (κ3) is 3.06. The lowest BCUT2D eigenvalue weighted by atomic mass is 10.1. The van der Waals surface area contributed by atoms with E-state index in [0.29, 0.717) is 28.9 Å². The molecule has 6 nitrogen and oxygen atoms in total. The van der Waals surface area contributed by atoms with E-state index in [1.54, 1.807) is 16.5 Å². The van der Waals surface area contributed by atoms with Crippen LogP contribution in [0.5, 0.6) is 5.75 Å². The van der Waals surface area contributed by atoms with Crippen molar-refractivity contribution in [1.82, 2.24) is 14.3 Å². The van der Waals surface area contributed by atoms with Gasteiger partial charge in [0.15, 0.2) is 11.6 Å². The summed E-state index contributed by atoms with van der Waals surface area (Å²) in [5.74, 6) is 0.377. The third-order valence-electron chi connectivity index (χ3n) is 6.28. The number of likely N-dealkylation sites (N-methyl/N-ethyl adjacent to an activating group) is 1. The Morgan fingerprint density at radius 1 is 1.17 bits per heavy atom. The van der Waals surface area contributed by atoms with Crippen molar-refractivity contribution in [2.45, 2.75) is 12.5 Å². The molecule has 0 amide bonds. The molecule has 4 heterocycles. The Morgan fingerprint density at radius 3 is 2.79 bits per heavy atom. The number of halogens is 1. The monoisotopic (exact) mass is 394 g/mol. The number of ether oxygens (including phenoxy) is 1. The highest BCUT2D eigenvalue weighted by Crippen LogP contribution is 2.33. The molecule has 7 heteroatoms. The highest BCUT2D eigenvalue weighted by atomic mass is 19.1. The largest absolute Gasteiger partial charge is 0.494 e. The van der Waals surface area contributed by atoms with Crippen LogP contribution in [0.25, 0.3) is 16.9 Å². The van der Waals surface area contributed by atoms with Gasteiger partial charge in [-0.15, -0.1) is 0 Å². The van der Waals surface area contributed by atoms with Crippen LogP contribution in [0, 0.1) is 11.7 Å². The molecule has 0 bridgehead atoms. The van der Waals surface area contributed by atoms with Gasteiger partial charge in [0, 0.05) is 37.0 Å². The van der Waals surface area contributed by atoms with Crippen LogP contribution in [-0.2, 0) is 0 Å². The Hall–Kier alpha value is -2.93. The molecule has 29 heavy (non-hydrogen) atoms. The van der Waals surface area contributed by atoms with Gasteiger partial charge in [-0.3, -0.25) is 9.20 Å². The van der Waals surface area contributed by atoms with E-state index >= 15 is 0 Å². The zero-order valence-corrected chi connectivity index (χ0v) is 16.5. The van der Waals surface area contributed by atoms with Gasteiger partial charge < -0.3 is 14.5 Å². The summed E-state index contributed by atoms with van der Waals surface area (Å²) in [6.07, 6.45) is 3.10. The smallest absolute Gasteiger partial charge is 0.258 e. The van der Waals surface area contributed by atoms with Gasteiger partial charge in [-0.25, -0.2) is 9.37 Å². The number of likely N-dealkylation sites (tertiary alicyclic amines) is 1. The molecule has 0 unspecified atom stereocenters. The fraction of sp³-hybridized carbons (Fsp3) is 0.364. The van der Waals surface area contributed by atoms with Gasteiger partial charge in [-0.1, -0.05) is 0 Å². The molecule has 0 aliphatic carbocycles. The minimum Gasteiger partial charge on any atom is -0.494 e. The van der Waals surface area contributed by atoms with Crippen LogP contribution in [0.4, 0.5) is 10.1 Å². The van der Waals surface area contributed by atoms with Crippen molar-refractivity contribution in [3.63, 3.8) is 0 Å². The van der Waals surface area contributed by atoms with E-state index in [1.165, 1.54) is 32.2 Å². The predicted molar refractivity (Wildman–Crippen MR) is 110 cm³/mol. The first-order chi connectivity index (χ1) is 14.0. The first-order valence-corrected chi connectivity index (χ1v) is 9.86. The number of nitrogens with zero attached hydrogens (tertiary/aromatic N) is 4. The minimum atomic E-state index is -0.480. The van der Waals surface area contributed by atoms with E-state index in [9.17, 15) is 9.18 Å². The normalized spacial score (nSPS) is 21.7. The molecule has 0 N–H and O–H groups in total. The number of aromatic nitrogens is 2. The number of anilines is 1. The number of rotatable bonds is 3. The molecule has 150 valence electrons. The highest BCUT2D eigenvalue weighted by molar-refractivity contribution is 5.63. The second kappa shape index (κ2) is 6.84. The lowest BCUT2D eigenvalue weighted by Gasteiger charge is -2.22. The summed E-state index contributed by atoms with van der Waals surface area (Å²) in [5.41, 5.74) is 2.39. The van der Waals surface area contributed by atoms with Gasteiger partial charge in [0.25, 0.3) is 5.56 Å². The Balaban J connectivity index is 1.49. The molecular weight excluding hydrogens is 371 g/mol. The molecule has 1 aromatic carbocycles. The molecule has 3 aromatic rings. The van der Waals surface area contributed by atoms with E-state index in [2.05, 4.69) is 21.8 Å². The lowest BCUT2D eigenvalue weighted by Crippen LogP contribution is -2.32. The number of fused-ring (bicyclic) bond motifs is 2. The first kappa shape index (κ1) is 18.1. The summed E-state index contributed by atoms with van der Waals surface area (Å²) in [7, 11) is 3.61. The van der Waals surface area contributed by atoms with Crippen molar-refractivity contribution in [2.24, 2.45) is 5.92 Å². The summed E-state index contributed by atoms with van der Waals surface area (Å²) >= 11 is 0. The van der Waals surface area contributed by atoms with Crippen molar-refractivity contribution >= 4 is 11.3 Å². The Labute approximate surface area is 168 Å². The van der Waals surface area contributed by atoms with Gasteiger partial charge in [0.05, 0.1) is 18.5 Å². The zero-order valence-electron chi connectivity index (χ0n) is 16.5. The predicted octanol–water partition coefficient (Wildman–Crippen LogP) is 2.65. The maximum absolute atomic E-state index is 14.1. The van der Waals surface area contributed by atoms with E-state index in [-0.39, 0.29) is 11.3 Å². The second-order valence-electron chi connectivity index (χ2n) is 7.95. The molecular formula is C22H23FN4O2. The van der Waals surface area contributed by atoms with Crippen LogP contribution in [0.3, 0.4) is 0 Å². The molecule has 2 saturated heterocycles. The maximum atomic E-state index is 14.1. The molecule has 2 aromatic heterocycles. The fourth-order valence-corrected chi connectivity index (χ4v) is 4.64. The van der Waals surface area contributed by atoms with Crippen LogP contribution >= 0.6 is 0 Å². The van der Waals surface area contributed by atoms with Gasteiger partial charge in [0.1, 0.15) is 5.65 Å². The van der Waals surface area contributed by atoms with E-state index < -0.39 is 5.82 Å². The summed E-state index contributed by atoms with van der Waals surface area (Å²) < 4.78 is 20.6. The number of benzene rings is 1.